The molecule has 1 heterocycles. The summed E-state index contributed by atoms with van der Waals surface area (Å²) in [5, 5.41) is 3.54. The van der Waals surface area contributed by atoms with Gasteiger partial charge in [0, 0.05) is 5.56 Å². The molecule has 1 N–H and O–H groups in total. The van der Waals surface area contributed by atoms with Crippen molar-refractivity contribution in [2.45, 2.75) is 52.5 Å². The van der Waals surface area contributed by atoms with E-state index in [0.29, 0.717) is 12.0 Å². The van der Waals surface area contributed by atoms with Gasteiger partial charge >= 0.3 is 0 Å². The molecule has 1 unspecified atom stereocenters. The van der Waals surface area contributed by atoms with Crippen molar-refractivity contribution in [2.24, 2.45) is 0 Å². The minimum atomic E-state index is 0.310. The van der Waals surface area contributed by atoms with E-state index in [1.165, 1.54) is 11.1 Å². The summed E-state index contributed by atoms with van der Waals surface area (Å²) >= 11 is 0. The molecule has 0 saturated heterocycles. The molecule has 0 aliphatic heterocycles. The molecule has 0 fully saturated rings. The largest absolute Gasteiger partial charge is 0.459 e. The van der Waals surface area contributed by atoms with Gasteiger partial charge in [0.2, 0.25) is 0 Å². The van der Waals surface area contributed by atoms with Gasteiger partial charge in [0.15, 0.2) is 0 Å². The summed E-state index contributed by atoms with van der Waals surface area (Å²) in [6.07, 6.45) is 2.18. The van der Waals surface area contributed by atoms with Crippen molar-refractivity contribution in [3.05, 3.63) is 47.7 Å². The maximum Gasteiger partial charge on any atom is 0.134 e. The summed E-state index contributed by atoms with van der Waals surface area (Å²) in [6, 6.07) is 13.0. The molecule has 1 aromatic heterocycles. The lowest BCUT2D eigenvalue weighted by Gasteiger charge is -2.14. The lowest BCUT2D eigenvalue weighted by atomic mass is 9.96. The Balaban J connectivity index is 2.27. The Morgan fingerprint density at radius 3 is 2.48 bits per heavy atom. The van der Waals surface area contributed by atoms with Crippen molar-refractivity contribution in [1.82, 2.24) is 5.32 Å². The fourth-order valence-corrected chi connectivity index (χ4v) is 2.67. The summed E-state index contributed by atoms with van der Waals surface area (Å²) in [4.78, 5) is 0. The van der Waals surface area contributed by atoms with Crippen molar-refractivity contribution in [3.63, 3.8) is 0 Å². The Kier molecular flexibility index (Phi) is 5.63. The molecule has 2 rings (SSSR count). The Morgan fingerprint density at radius 1 is 1.05 bits per heavy atom. The number of hydrogen-bond acceptors (Lipinski definition) is 2. The molecule has 0 amide bonds. The van der Waals surface area contributed by atoms with Crippen LogP contribution in [0.5, 0.6) is 0 Å². The number of hydrogen-bond donors (Lipinski definition) is 1. The van der Waals surface area contributed by atoms with Crippen LogP contribution < -0.4 is 5.32 Å². The maximum atomic E-state index is 6.15. The summed E-state index contributed by atoms with van der Waals surface area (Å²) in [5.41, 5.74) is 2.55. The summed E-state index contributed by atoms with van der Waals surface area (Å²) < 4.78 is 6.15. The van der Waals surface area contributed by atoms with Crippen LogP contribution in [0.3, 0.4) is 0 Å². The molecule has 2 nitrogen and oxygen atoms in total. The second-order valence-corrected chi connectivity index (χ2v) is 5.86. The molecular formula is C19H27NO. The van der Waals surface area contributed by atoms with Gasteiger partial charge in [0.05, 0.1) is 6.04 Å². The lowest BCUT2D eigenvalue weighted by Crippen LogP contribution is -2.20. The van der Waals surface area contributed by atoms with Crippen molar-refractivity contribution >= 4 is 0 Å². The molecule has 1 aromatic carbocycles. The number of furan rings is 1. The van der Waals surface area contributed by atoms with E-state index in [9.17, 15) is 0 Å². The van der Waals surface area contributed by atoms with Gasteiger partial charge in [0.1, 0.15) is 11.5 Å². The third-order valence-electron chi connectivity index (χ3n) is 3.87. The first kappa shape index (κ1) is 15.8. The molecule has 0 saturated carbocycles. The highest BCUT2D eigenvalue weighted by Crippen LogP contribution is 2.32. The van der Waals surface area contributed by atoms with Crippen molar-refractivity contribution in [1.29, 1.82) is 0 Å². The first-order valence-corrected chi connectivity index (χ1v) is 8.09. The molecular weight excluding hydrogens is 258 g/mol. The average molecular weight is 285 g/mol. The van der Waals surface area contributed by atoms with Gasteiger partial charge in [-0.3, -0.25) is 0 Å². The van der Waals surface area contributed by atoms with Crippen LogP contribution in [-0.2, 0) is 0 Å². The quantitative estimate of drug-likeness (QED) is 0.724. The molecule has 1 atom stereocenters. The summed E-state index contributed by atoms with van der Waals surface area (Å²) in [7, 11) is 0. The molecule has 0 radical (unpaired) electrons. The Hall–Kier alpha value is -1.54. The second-order valence-electron chi connectivity index (χ2n) is 5.86. The van der Waals surface area contributed by atoms with E-state index < -0.39 is 0 Å². The van der Waals surface area contributed by atoms with Crippen LogP contribution in [0.2, 0.25) is 0 Å². The molecule has 114 valence electrons. The van der Waals surface area contributed by atoms with Crippen LogP contribution in [0, 0.1) is 0 Å². The highest BCUT2D eigenvalue weighted by Gasteiger charge is 2.15. The van der Waals surface area contributed by atoms with Crippen LogP contribution >= 0.6 is 0 Å². The zero-order valence-corrected chi connectivity index (χ0v) is 13.6. The second kappa shape index (κ2) is 7.46. The van der Waals surface area contributed by atoms with Gasteiger partial charge < -0.3 is 9.73 Å². The van der Waals surface area contributed by atoms with E-state index in [-0.39, 0.29) is 0 Å². The standard InChI is InChI=1S/C19H27NO/c1-5-13-20-17(6-2)19-12-11-18(21-19)16-10-8-7-9-15(16)14(3)4/h7-12,14,17,20H,5-6,13H2,1-4H3. The van der Waals surface area contributed by atoms with Crippen molar-refractivity contribution in [3.8, 4) is 11.3 Å². The van der Waals surface area contributed by atoms with Crippen LogP contribution in [0.15, 0.2) is 40.8 Å². The molecule has 0 spiro atoms. The maximum absolute atomic E-state index is 6.15. The number of benzene rings is 1. The third kappa shape index (κ3) is 3.76. The average Bonchev–Trinajstić information content (AvgIpc) is 2.97. The zero-order chi connectivity index (χ0) is 15.2. The number of nitrogens with one attached hydrogen (secondary N) is 1. The van der Waals surface area contributed by atoms with E-state index in [1.54, 1.807) is 0 Å². The van der Waals surface area contributed by atoms with E-state index >= 15 is 0 Å². The third-order valence-corrected chi connectivity index (χ3v) is 3.87. The highest BCUT2D eigenvalue weighted by molar-refractivity contribution is 5.63. The van der Waals surface area contributed by atoms with E-state index in [1.807, 2.05) is 0 Å². The van der Waals surface area contributed by atoms with Gasteiger partial charge in [-0.15, -0.1) is 0 Å². The van der Waals surface area contributed by atoms with Crippen LogP contribution in [-0.4, -0.2) is 6.54 Å². The minimum Gasteiger partial charge on any atom is -0.459 e. The molecule has 2 heteroatoms. The zero-order valence-electron chi connectivity index (χ0n) is 13.6. The van der Waals surface area contributed by atoms with Gasteiger partial charge in [0.25, 0.3) is 0 Å². The normalized spacial score (nSPS) is 12.8. The monoisotopic (exact) mass is 285 g/mol. The lowest BCUT2D eigenvalue weighted by molar-refractivity contribution is 0.410. The molecule has 0 aliphatic carbocycles. The van der Waals surface area contributed by atoms with Crippen LogP contribution in [0.1, 0.15) is 63.8 Å². The van der Waals surface area contributed by atoms with Crippen molar-refractivity contribution < 1.29 is 4.42 Å². The van der Waals surface area contributed by atoms with Gasteiger partial charge in [-0.2, -0.15) is 0 Å². The van der Waals surface area contributed by atoms with Crippen LogP contribution in [0.4, 0.5) is 0 Å². The van der Waals surface area contributed by atoms with Crippen LogP contribution in [0.25, 0.3) is 11.3 Å². The Labute approximate surface area is 128 Å². The summed E-state index contributed by atoms with van der Waals surface area (Å²) in [6.45, 7) is 9.85. The number of rotatable bonds is 7. The fourth-order valence-electron chi connectivity index (χ4n) is 2.67. The SMILES string of the molecule is CCCNC(CC)c1ccc(-c2ccccc2C(C)C)o1. The Morgan fingerprint density at radius 2 is 1.81 bits per heavy atom. The van der Waals surface area contributed by atoms with Gasteiger partial charge in [-0.05, 0) is 43.0 Å². The topological polar surface area (TPSA) is 25.2 Å². The molecule has 0 bridgehead atoms. The molecule has 21 heavy (non-hydrogen) atoms. The van der Waals surface area contributed by atoms with Gasteiger partial charge in [-0.1, -0.05) is 52.0 Å². The van der Waals surface area contributed by atoms with Gasteiger partial charge in [-0.25, -0.2) is 0 Å². The summed E-state index contributed by atoms with van der Waals surface area (Å²) in [5.74, 6) is 2.51. The molecule has 2 aromatic rings. The first-order valence-electron chi connectivity index (χ1n) is 8.09. The Bertz CT molecular complexity index is 556. The predicted octanol–water partition coefficient (Wildman–Crippen LogP) is 5.52. The van der Waals surface area contributed by atoms with E-state index in [2.05, 4.69) is 69.4 Å². The fraction of sp³-hybridized carbons (Fsp3) is 0.474. The minimum absolute atomic E-state index is 0.310. The van der Waals surface area contributed by atoms with Crippen molar-refractivity contribution in [2.75, 3.05) is 6.54 Å². The smallest absolute Gasteiger partial charge is 0.134 e. The predicted molar refractivity (Wildman–Crippen MR) is 89.6 cm³/mol. The highest BCUT2D eigenvalue weighted by atomic mass is 16.3. The van der Waals surface area contributed by atoms with E-state index in [0.717, 1.165) is 30.9 Å². The molecule has 0 aliphatic rings. The first-order chi connectivity index (χ1) is 10.2. The van der Waals surface area contributed by atoms with E-state index in [4.69, 9.17) is 4.42 Å².